The van der Waals surface area contributed by atoms with Crippen LogP contribution < -0.4 is 0 Å². The van der Waals surface area contributed by atoms with Crippen LogP contribution in [0.2, 0.25) is 0 Å². The summed E-state index contributed by atoms with van der Waals surface area (Å²) in [4.78, 5) is 89.8. The maximum atomic E-state index is 11.4. The van der Waals surface area contributed by atoms with Gasteiger partial charge in [0.15, 0.2) is 10.8 Å². The van der Waals surface area contributed by atoms with Crippen molar-refractivity contribution in [3.63, 3.8) is 0 Å². The summed E-state index contributed by atoms with van der Waals surface area (Å²) in [5.74, 6) is 0. The van der Waals surface area contributed by atoms with Crippen molar-refractivity contribution in [3.05, 3.63) is 0 Å². The lowest BCUT2D eigenvalue weighted by Crippen LogP contribution is -2.24. The number of hydrogen-bond acceptors (Lipinski definition) is 5. The van der Waals surface area contributed by atoms with E-state index in [0.29, 0.717) is 0 Å². The summed E-state index contributed by atoms with van der Waals surface area (Å²) < 4.78 is 56.0. The molecule has 0 aliphatic heterocycles. The fourth-order valence-corrected chi connectivity index (χ4v) is 8.69. The third-order valence-corrected chi connectivity index (χ3v) is 11.9. The molecule has 0 atom stereocenters. The fourth-order valence-electron chi connectivity index (χ4n) is 1.80. The minimum absolute atomic E-state index is 1.64. The average molecular weight is 472 g/mol. The van der Waals surface area contributed by atoms with E-state index in [-0.39, 0.29) is 0 Å². The standard InChI is InChI=1S/C5H17O15P5/c6-21(7,8)3(1-4(22(9,10)11)23(12,13)14)2-5(24(15,16)17)25(18,19)20/h3-5H,1-2H2,(H2,6,7,8)(H2,9,10,11)(H2,12,13,14)(H2,15,16,17)(H2,18,19,20). The van der Waals surface area contributed by atoms with E-state index in [1.807, 2.05) is 0 Å². The molecule has 0 aromatic heterocycles. The smallest absolute Gasteiger partial charge is 0.324 e. The third-order valence-electron chi connectivity index (χ3n) is 2.99. The highest BCUT2D eigenvalue weighted by molar-refractivity contribution is 7.71. The predicted octanol–water partition coefficient (Wildman–Crippen LogP) is -1.32. The van der Waals surface area contributed by atoms with Gasteiger partial charge in [0.2, 0.25) is 0 Å². The van der Waals surface area contributed by atoms with Crippen molar-refractivity contribution in [1.29, 1.82) is 0 Å². The predicted molar refractivity (Wildman–Crippen MR) is 80.8 cm³/mol. The Morgan fingerprint density at radius 3 is 0.760 bits per heavy atom. The molecule has 0 saturated heterocycles. The van der Waals surface area contributed by atoms with Gasteiger partial charge in [-0.15, -0.1) is 0 Å². The molecule has 0 aliphatic rings. The Morgan fingerprint density at radius 1 is 0.440 bits per heavy atom. The molecule has 0 aliphatic carbocycles. The van der Waals surface area contributed by atoms with Gasteiger partial charge in [0.05, 0.1) is 5.66 Å². The summed E-state index contributed by atoms with van der Waals surface area (Å²) in [6.07, 6.45) is -3.29. The Bertz CT molecular complexity index is 604. The van der Waals surface area contributed by atoms with Crippen LogP contribution in [0.3, 0.4) is 0 Å². The van der Waals surface area contributed by atoms with E-state index < -0.39 is 67.3 Å². The zero-order valence-corrected chi connectivity index (χ0v) is 16.4. The average Bonchev–Trinajstić information content (AvgIpc) is 2.18. The van der Waals surface area contributed by atoms with E-state index in [0.717, 1.165) is 0 Å². The number of rotatable bonds is 9. The highest BCUT2D eigenvalue weighted by Crippen LogP contribution is 2.67. The van der Waals surface area contributed by atoms with Crippen molar-refractivity contribution >= 4 is 38.0 Å². The van der Waals surface area contributed by atoms with Crippen molar-refractivity contribution in [2.45, 2.75) is 29.3 Å². The van der Waals surface area contributed by atoms with E-state index in [4.69, 9.17) is 48.9 Å². The summed E-state index contributed by atoms with van der Waals surface area (Å²) in [5, 5.41) is -5.88. The summed E-state index contributed by atoms with van der Waals surface area (Å²) in [5.41, 5.74) is -2.55. The van der Waals surface area contributed by atoms with E-state index >= 15 is 0 Å². The van der Waals surface area contributed by atoms with Crippen LogP contribution in [-0.2, 0) is 22.8 Å². The molecular weight excluding hydrogens is 455 g/mol. The molecular formula is C5H17O15P5. The van der Waals surface area contributed by atoms with Gasteiger partial charge in [0, 0.05) is 0 Å². The van der Waals surface area contributed by atoms with Crippen molar-refractivity contribution < 1.29 is 71.8 Å². The van der Waals surface area contributed by atoms with Crippen molar-refractivity contribution in [1.82, 2.24) is 0 Å². The quantitative estimate of drug-likeness (QED) is 0.174. The molecule has 152 valence electrons. The first-order valence-corrected chi connectivity index (χ1v) is 14.2. The minimum Gasteiger partial charge on any atom is -0.324 e. The second-order valence-corrected chi connectivity index (χ2v) is 15.0. The maximum Gasteiger partial charge on any atom is 0.340 e. The van der Waals surface area contributed by atoms with Gasteiger partial charge in [-0.2, -0.15) is 0 Å². The highest BCUT2D eigenvalue weighted by atomic mass is 31.2. The molecule has 25 heavy (non-hydrogen) atoms. The number of hydrogen-bond donors (Lipinski definition) is 10. The molecule has 10 N–H and O–H groups in total. The van der Waals surface area contributed by atoms with Gasteiger partial charge in [0.1, 0.15) is 0 Å². The summed E-state index contributed by atoms with van der Waals surface area (Å²) >= 11 is 0. The zero-order valence-electron chi connectivity index (χ0n) is 11.9. The maximum absolute atomic E-state index is 11.4. The van der Waals surface area contributed by atoms with Gasteiger partial charge < -0.3 is 48.9 Å². The summed E-state index contributed by atoms with van der Waals surface area (Å²) in [7, 11) is -28.1. The van der Waals surface area contributed by atoms with Crippen LogP contribution in [0.1, 0.15) is 12.8 Å². The van der Waals surface area contributed by atoms with Gasteiger partial charge in [-0.1, -0.05) is 0 Å². The lowest BCUT2D eigenvalue weighted by atomic mass is 10.2. The molecule has 0 radical (unpaired) electrons. The van der Waals surface area contributed by atoms with E-state index in [1.54, 1.807) is 0 Å². The van der Waals surface area contributed by atoms with Gasteiger partial charge in [-0.05, 0) is 12.8 Å². The van der Waals surface area contributed by atoms with E-state index in [2.05, 4.69) is 0 Å². The second-order valence-electron chi connectivity index (χ2n) is 5.03. The highest BCUT2D eigenvalue weighted by Gasteiger charge is 2.52. The van der Waals surface area contributed by atoms with Crippen molar-refractivity contribution in [2.75, 3.05) is 0 Å². The topological polar surface area (TPSA) is 288 Å². The molecule has 0 fully saturated rings. The molecule has 0 bridgehead atoms. The Balaban J connectivity index is 6.03. The first-order valence-electron chi connectivity index (χ1n) is 5.84. The molecule has 0 amide bonds. The van der Waals surface area contributed by atoms with Gasteiger partial charge >= 0.3 is 38.0 Å². The van der Waals surface area contributed by atoms with Crippen molar-refractivity contribution in [2.24, 2.45) is 0 Å². The van der Waals surface area contributed by atoms with Crippen LogP contribution >= 0.6 is 38.0 Å². The summed E-state index contributed by atoms with van der Waals surface area (Å²) in [6.45, 7) is 0. The van der Waals surface area contributed by atoms with Crippen LogP contribution in [-0.4, -0.2) is 65.4 Å². The molecule has 0 saturated carbocycles. The van der Waals surface area contributed by atoms with Crippen LogP contribution in [0, 0.1) is 0 Å². The molecule has 0 aromatic rings. The molecule has 0 aromatic carbocycles. The SMILES string of the molecule is O=P(O)(O)C(CC(P(=O)(O)O)P(=O)(O)O)CC(P(=O)(O)O)P(=O)(O)O. The van der Waals surface area contributed by atoms with Crippen LogP contribution in [0.4, 0.5) is 0 Å². The monoisotopic (exact) mass is 472 g/mol. The minimum atomic E-state index is -5.64. The van der Waals surface area contributed by atoms with Crippen LogP contribution in [0.5, 0.6) is 0 Å². The summed E-state index contributed by atoms with van der Waals surface area (Å²) in [6, 6.07) is 0. The molecule has 20 heteroatoms. The molecule has 0 spiro atoms. The largest absolute Gasteiger partial charge is 0.340 e. The lowest BCUT2D eigenvalue weighted by Gasteiger charge is -2.28. The van der Waals surface area contributed by atoms with Crippen LogP contribution in [0.15, 0.2) is 0 Å². The first kappa shape index (κ1) is 25.8. The molecule has 15 nitrogen and oxygen atoms in total. The van der Waals surface area contributed by atoms with Crippen LogP contribution in [0.25, 0.3) is 0 Å². The molecule has 0 unspecified atom stereocenters. The normalized spacial score (nSPS) is 15.4. The zero-order chi connectivity index (χ0) is 20.6. The Labute approximate surface area is 139 Å². The molecule has 0 heterocycles. The Morgan fingerprint density at radius 2 is 0.640 bits per heavy atom. The Kier molecular flexibility index (Phi) is 8.25. The second kappa shape index (κ2) is 8.01. The fraction of sp³-hybridized carbons (Fsp3) is 1.00. The van der Waals surface area contributed by atoms with Crippen molar-refractivity contribution in [3.8, 4) is 0 Å². The van der Waals surface area contributed by atoms with Gasteiger partial charge in [-0.3, -0.25) is 22.8 Å². The third kappa shape index (κ3) is 8.53. The molecule has 0 rings (SSSR count). The first-order chi connectivity index (χ1) is 10.6. The Hall–Kier alpha value is 0.750. The lowest BCUT2D eigenvalue weighted by molar-refractivity contribution is 0.319. The van der Waals surface area contributed by atoms with E-state index in [9.17, 15) is 22.8 Å². The van der Waals surface area contributed by atoms with E-state index in [1.165, 1.54) is 0 Å². The van der Waals surface area contributed by atoms with Gasteiger partial charge in [0.25, 0.3) is 0 Å². The van der Waals surface area contributed by atoms with Gasteiger partial charge in [-0.25, -0.2) is 0 Å².